The summed E-state index contributed by atoms with van der Waals surface area (Å²) in [6, 6.07) is 8.19. The quantitative estimate of drug-likeness (QED) is 0.867. The standard InChI is InChI=1S/C16H22N4/c1-5-14-19-15(17-6-2)10-16(20-14)18-13-9-7-8-11(3)12(13)4/h7-10H,5-6H2,1-4H3,(H2,17,18,19,20). The largest absolute Gasteiger partial charge is 0.370 e. The third-order valence-electron chi connectivity index (χ3n) is 3.31. The van der Waals surface area contributed by atoms with Crippen molar-refractivity contribution in [1.82, 2.24) is 9.97 Å². The molecular formula is C16H22N4. The molecule has 0 radical (unpaired) electrons. The number of anilines is 3. The first-order valence-electron chi connectivity index (χ1n) is 7.09. The van der Waals surface area contributed by atoms with Crippen molar-refractivity contribution < 1.29 is 0 Å². The van der Waals surface area contributed by atoms with E-state index in [9.17, 15) is 0 Å². The maximum absolute atomic E-state index is 4.54. The molecule has 0 atom stereocenters. The first kappa shape index (κ1) is 14.3. The molecule has 106 valence electrons. The fourth-order valence-electron chi connectivity index (χ4n) is 2.02. The molecule has 0 saturated carbocycles. The van der Waals surface area contributed by atoms with E-state index in [0.717, 1.165) is 36.1 Å². The van der Waals surface area contributed by atoms with Crippen LogP contribution < -0.4 is 10.6 Å². The average Bonchev–Trinajstić information content (AvgIpc) is 2.44. The fraction of sp³-hybridized carbons (Fsp3) is 0.375. The van der Waals surface area contributed by atoms with Gasteiger partial charge in [-0.1, -0.05) is 19.1 Å². The summed E-state index contributed by atoms with van der Waals surface area (Å²) in [6.45, 7) is 9.20. The van der Waals surface area contributed by atoms with Crippen molar-refractivity contribution in [3.63, 3.8) is 0 Å². The Morgan fingerprint density at radius 1 is 1.05 bits per heavy atom. The SMILES string of the molecule is CCNc1cc(Nc2cccc(C)c2C)nc(CC)n1. The molecule has 2 rings (SSSR count). The Labute approximate surface area is 120 Å². The van der Waals surface area contributed by atoms with Gasteiger partial charge in [0.25, 0.3) is 0 Å². The smallest absolute Gasteiger partial charge is 0.136 e. The van der Waals surface area contributed by atoms with Crippen LogP contribution in [0.15, 0.2) is 24.3 Å². The molecule has 4 heteroatoms. The van der Waals surface area contributed by atoms with E-state index in [2.05, 4.69) is 66.5 Å². The molecule has 0 unspecified atom stereocenters. The van der Waals surface area contributed by atoms with Crippen LogP contribution in [0.2, 0.25) is 0 Å². The van der Waals surface area contributed by atoms with Crippen LogP contribution in [0.25, 0.3) is 0 Å². The highest BCUT2D eigenvalue weighted by atomic mass is 15.1. The summed E-state index contributed by atoms with van der Waals surface area (Å²) >= 11 is 0. The van der Waals surface area contributed by atoms with Crippen LogP contribution in [0.1, 0.15) is 30.8 Å². The molecule has 2 aromatic rings. The van der Waals surface area contributed by atoms with Gasteiger partial charge in [-0.05, 0) is 38.0 Å². The summed E-state index contributed by atoms with van der Waals surface area (Å²) in [6.07, 6.45) is 0.820. The topological polar surface area (TPSA) is 49.8 Å². The second-order valence-corrected chi connectivity index (χ2v) is 4.81. The summed E-state index contributed by atoms with van der Waals surface area (Å²) in [5.74, 6) is 2.55. The van der Waals surface area contributed by atoms with E-state index in [0.29, 0.717) is 0 Å². The third kappa shape index (κ3) is 3.26. The van der Waals surface area contributed by atoms with E-state index >= 15 is 0 Å². The minimum Gasteiger partial charge on any atom is -0.370 e. The molecule has 0 aliphatic heterocycles. The maximum Gasteiger partial charge on any atom is 0.136 e. The van der Waals surface area contributed by atoms with Crippen LogP contribution in [0.3, 0.4) is 0 Å². The minimum absolute atomic E-state index is 0.820. The molecule has 2 N–H and O–H groups in total. The van der Waals surface area contributed by atoms with Gasteiger partial charge in [0.15, 0.2) is 0 Å². The molecule has 0 bridgehead atoms. The van der Waals surface area contributed by atoms with E-state index in [1.54, 1.807) is 0 Å². The van der Waals surface area contributed by atoms with Gasteiger partial charge in [0.2, 0.25) is 0 Å². The lowest BCUT2D eigenvalue weighted by Crippen LogP contribution is -2.06. The van der Waals surface area contributed by atoms with E-state index in [-0.39, 0.29) is 0 Å². The van der Waals surface area contributed by atoms with E-state index in [1.165, 1.54) is 11.1 Å². The predicted molar refractivity (Wildman–Crippen MR) is 84.8 cm³/mol. The molecule has 0 aliphatic carbocycles. The van der Waals surface area contributed by atoms with Crippen molar-refractivity contribution in [2.24, 2.45) is 0 Å². The molecule has 0 aliphatic rings. The number of aromatic nitrogens is 2. The Kier molecular flexibility index (Phi) is 4.56. The lowest BCUT2D eigenvalue weighted by atomic mass is 10.1. The van der Waals surface area contributed by atoms with Crippen molar-refractivity contribution in [3.8, 4) is 0 Å². The first-order chi connectivity index (χ1) is 9.63. The number of nitrogens with one attached hydrogen (secondary N) is 2. The number of nitrogens with zero attached hydrogens (tertiary/aromatic N) is 2. The van der Waals surface area contributed by atoms with Crippen molar-refractivity contribution >= 4 is 17.3 Å². The summed E-state index contributed by atoms with van der Waals surface area (Å²) in [7, 11) is 0. The number of hydrogen-bond donors (Lipinski definition) is 2. The molecule has 0 fully saturated rings. The molecule has 1 aromatic heterocycles. The van der Waals surface area contributed by atoms with Crippen LogP contribution in [0.5, 0.6) is 0 Å². The molecule has 20 heavy (non-hydrogen) atoms. The summed E-state index contributed by atoms with van der Waals surface area (Å²) in [5.41, 5.74) is 3.61. The molecule has 0 saturated heterocycles. The first-order valence-corrected chi connectivity index (χ1v) is 7.09. The van der Waals surface area contributed by atoms with E-state index in [1.807, 2.05) is 6.07 Å². The summed E-state index contributed by atoms with van der Waals surface area (Å²) in [4.78, 5) is 9.00. The Bertz CT molecular complexity index is 593. The van der Waals surface area contributed by atoms with Gasteiger partial charge in [0, 0.05) is 24.7 Å². The van der Waals surface area contributed by atoms with Crippen molar-refractivity contribution in [2.45, 2.75) is 34.1 Å². The minimum atomic E-state index is 0.820. The van der Waals surface area contributed by atoms with Crippen molar-refractivity contribution in [1.29, 1.82) is 0 Å². The van der Waals surface area contributed by atoms with Gasteiger partial charge >= 0.3 is 0 Å². The Morgan fingerprint density at radius 2 is 1.80 bits per heavy atom. The molecule has 1 heterocycles. The highest BCUT2D eigenvalue weighted by Crippen LogP contribution is 2.23. The van der Waals surface area contributed by atoms with Gasteiger partial charge in [-0.15, -0.1) is 0 Å². The highest BCUT2D eigenvalue weighted by Gasteiger charge is 2.06. The van der Waals surface area contributed by atoms with Gasteiger partial charge in [-0.25, -0.2) is 9.97 Å². The summed E-state index contributed by atoms with van der Waals surface area (Å²) < 4.78 is 0. The van der Waals surface area contributed by atoms with Crippen LogP contribution in [0.4, 0.5) is 17.3 Å². The molecule has 1 aromatic carbocycles. The van der Waals surface area contributed by atoms with Crippen LogP contribution in [-0.4, -0.2) is 16.5 Å². The fourth-order valence-corrected chi connectivity index (χ4v) is 2.02. The van der Waals surface area contributed by atoms with Gasteiger partial charge in [-0.2, -0.15) is 0 Å². The lowest BCUT2D eigenvalue weighted by Gasteiger charge is -2.13. The second-order valence-electron chi connectivity index (χ2n) is 4.81. The number of benzene rings is 1. The zero-order valence-corrected chi connectivity index (χ0v) is 12.6. The highest BCUT2D eigenvalue weighted by molar-refractivity contribution is 5.63. The monoisotopic (exact) mass is 270 g/mol. The lowest BCUT2D eigenvalue weighted by molar-refractivity contribution is 0.939. The van der Waals surface area contributed by atoms with Crippen molar-refractivity contribution in [3.05, 3.63) is 41.2 Å². The zero-order valence-electron chi connectivity index (χ0n) is 12.6. The number of hydrogen-bond acceptors (Lipinski definition) is 4. The van der Waals surface area contributed by atoms with Gasteiger partial charge in [0.1, 0.15) is 17.5 Å². The molecular weight excluding hydrogens is 248 g/mol. The molecule has 4 nitrogen and oxygen atoms in total. The van der Waals surface area contributed by atoms with E-state index in [4.69, 9.17) is 0 Å². The second kappa shape index (κ2) is 6.37. The normalized spacial score (nSPS) is 10.4. The van der Waals surface area contributed by atoms with Gasteiger partial charge in [-0.3, -0.25) is 0 Å². The number of rotatable bonds is 5. The Morgan fingerprint density at radius 3 is 2.50 bits per heavy atom. The molecule has 0 spiro atoms. The summed E-state index contributed by atoms with van der Waals surface area (Å²) in [5, 5.41) is 6.64. The van der Waals surface area contributed by atoms with Crippen LogP contribution in [0, 0.1) is 13.8 Å². The molecule has 0 amide bonds. The predicted octanol–water partition coefficient (Wildman–Crippen LogP) is 3.83. The number of aryl methyl sites for hydroxylation is 2. The zero-order chi connectivity index (χ0) is 14.5. The third-order valence-corrected chi connectivity index (χ3v) is 3.31. The van der Waals surface area contributed by atoms with Crippen LogP contribution in [-0.2, 0) is 6.42 Å². The average molecular weight is 270 g/mol. The Balaban J connectivity index is 2.32. The Hall–Kier alpha value is -2.10. The van der Waals surface area contributed by atoms with E-state index < -0.39 is 0 Å². The maximum atomic E-state index is 4.54. The van der Waals surface area contributed by atoms with Gasteiger partial charge < -0.3 is 10.6 Å². The van der Waals surface area contributed by atoms with Gasteiger partial charge in [0.05, 0.1) is 0 Å². The van der Waals surface area contributed by atoms with Crippen molar-refractivity contribution in [2.75, 3.05) is 17.2 Å². The van der Waals surface area contributed by atoms with Crippen LogP contribution >= 0.6 is 0 Å².